The Bertz CT molecular complexity index is 627. The molecule has 1 aromatic carbocycles. The number of aliphatic hydroxyl groups excluding tert-OH is 1. The third-order valence-corrected chi connectivity index (χ3v) is 5.40. The normalized spacial score (nSPS) is 26.3. The summed E-state index contributed by atoms with van der Waals surface area (Å²) in [6.45, 7) is 5.18. The molecular formula is C18H21BrO4. The first-order chi connectivity index (χ1) is 11.0. The predicted molar refractivity (Wildman–Crippen MR) is 90.3 cm³/mol. The molecule has 0 bridgehead atoms. The highest BCUT2D eigenvalue weighted by molar-refractivity contribution is 9.10. The highest BCUT2D eigenvalue weighted by Gasteiger charge is 2.55. The molecule has 0 spiro atoms. The number of carbonyl (C=O) groups is 1. The summed E-state index contributed by atoms with van der Waals surface area (Å²) >= 11 is 3.52. The molecule has 1 N–H and O–H groups in total. The molecule has 1 aliphatic carbocycles. The Morgan fingerprint density at radius 1 is 1.48 bits per heavy atom. The van der Waals surface area contributed by atoms with Gasteiger partial charge >= 0.3 is 5.97 Å². The van der Waals surface area contributed by atoms with Gasteiger partial charge in [-0.05, 0) is 52.9 Å². The van der Waals surface area contributed by atoms with Gasteiger partial charge in [0, 0.05) is 18.9 Å². The Balaban J connectivity index is 1.76. The molecule has 4 nitrogen and oxygen atoms in total. The molecule has 2 atom stereocenters. The largest absolute Gasteiger partial charge is 0.492 e. The number of aliphatic hydroxyl groups is 1. The molecule has 5 heteroatoms. The fourth-order valence-corrected chi connectivity index (χ4v) is 4.19. The zero-order chi connectivity index (χ0) is 16.4. The zero-order valence-corrected chi connectivity index (χ0v) is 14.6. The first kappa shape index (κ1) is 16.5. The second-order valence-electron chi connectivity index (χ2n) is 6.45. The van der Waals surface area contributed by atoms with Crippen molar-refractivity contribution in [1.82, 2.24) is 0 Å². The molecule has 2 aliphatic rings. The van der Waals surface area contributed by atoms with Crippen LogP contribution in [0.1, 0.15) is 24.8 Å². The molecule has 1 aromatic rings. The van der Waals surface area contributed by atoms with Crippen molar-refractivity contribution in [2.24, 2.45) is 11.3 Å². The van der Waals surface area contributed by atoms with Gasteiger partial charge in [-0.1, -0.05) is 18.2 Å². The molecule has 2 unspecified atom stereocenters. The van der Waals surface area contributed by atoms with Gasteiger partial charge in [0.05, 0.1) is 23.1 Å². The lowest BCUT2D eigenvalue weighted by Crippen LogP contribution is -2.31. The van der Waals surface area contributed by atoms with Crippen LogP contribution in [0.15, 0.2) is 34.8 Å². The lowest BCUT2D eigenvalue weighted by Gasteiger charge is -2.24. The number of cyclic esters (lactones) is 1. The van der Waals surface area contributed by atoms with E-state index >= 15 is 0 Å². The Labute approximate surface area is 144 Å². The minimum atomic E-state index is -0.435. The molecule has 1 heterocycles. The quantitative estimate of drug-likeness (QED) is 0.467. The summed E-state index contributed by atoms with van der Waals surface area (Å²) in [5, 5.41) is 8.81. The van der Waals surface area contributed by atoms with Crippen molar-refractivity contribution >= 4 is 21.9 Å². The maximum absolute atomic E-state index is 12.3. The van der Waals surface area contributed by atoms with Gasteiger partial charge in [-0.15, -0.1) is 0 Å². The summed E-state index contributed by atoms with van der Waals surface area (Å²) in [7, 11) is 0. The molecule has 1 saturated heterocycles. The van der Waals surface area contributed by atoms with E-state index in [2.05, 4.69) is 22.5 Å². The van der Waals surface area contributed by atoms with Crippen LogP contribution in [0.5, 0.6) is 5.75 Å². The number of carbonyl (C=O) groups excluding carboxylic acids is 1. The van der Waals surface area contributed by atoms with Gasteiger partial charge < -0.3 is 14.6 Å². The maximum atomic E-state index is 12.3. The van der Waals surface area contributed by atoms with E-state index in [0.29, 0.717) is 26.1 Å². The lowest BCUT2D eigenvalue weighted by atomic mass is 9.75. The number of halogens is 1. The topological polar surface area (TPSA) is 55.8 Å². The van der Waals surface area contributed by atoms with Crippen molar-refractivity contribution in [3.63, 3.8) is 0 Å². The molecule has 0 amide bonds. The highest BCUT2D eigenvalue weighted by Crippen LogP contribution is 2.52. The molecule has 0 radical (unpaired) electrons. The Hall–Kier alpha value is -1.33. The van der Waals surface area contributed by atoms with Crippen molar-refractivity contribution in [2.45, 2.75) is 25.7 Å². The molecule has 124 valence electrons. The second kappa shape index (κ2) is 6.65. The monoisotopic (exact) mass is 380 g/mol. The van der Waals surface area contributed by atoms with Gasteiger partial charge in [-0.2, -0.15) is 0 Å². The fourth-order valence-electron chi connectivity index (χ4n) is 3.65. The summed E-state index contributed by atoms with van der Waals surface area (Å²) < 4.78 is 11.8. The fraction of sp³-hybridized carbons (Fsp3) is 0.500. The van der Waals surface area contributed by atoms with Crippen LogP contribution in [0.2, 0.25) is 0 Å². The van der Waals surface area contributed by atoms with Gasteiger partial charge in [-0.25, -0.2) is 0 Å². The minimum Gasteiger partial charge on any atom is -0.492 e. The van der Waals surface area contributed by atoms with E-state index in [1.165, 1.54) is 0 Å². The van der Waals surface area contributed by atoms with E-state index in [0.717, 1.165) is 34.2 Å². The zero-order valence-electron chi connectivity index (χ0n) is 13.0. The Morgan fingerprint density at radius 2 is 2.30 bits per heavy atom. The first-order valence-electron chi connectivity index (χ1n) is 7.91. The van der Waals surface area contributed by atoms with Crippen molar-refractivity contribution in [3.05, 3.63) is 40.4 Å². The average molecular weight is 381 g/mol. The van der Waals surface area contributed by atoms with Crippen molar-refractivity contribution in [3.8, 4) is 5.75 Å². The lowest BCUT2D eigenvalue weighted by molar-refractivity contribution is -0.146. The van der Waals surface area contributed by atoms with E-state index in [-0.39, 0.29) is 18.5 Å². The smallest absolute Gasteiger partial charge is 0.313 e. The van der Waals surface area contributed by atoms with Gasteiger partial charge in [-0.3, -0.25) is 4.79 Å². The summed E-state index contributed by atoms with van der Waals surface area (Å²) in [5.74, 6) is 0.920. The standard InChI is InChI=1S/C18H21BrO4/c1-12-7-14-11-23-17(21)18(14,9-12)10-13-3-4-16(15(19)8-13)22-6-2-5-20/h3-4,8,14,20H,1-2,5-7,9-11H2. The van der Waals surface area contributed by atoms with E-state index in [9.17, 15) is 4.79 Å². The van der Waals surface area contributed by atoms with Crippen molar-refractivity contribution in [2.75, 3.05) is 19.8 Å². The molecule has 23 heavy (non-hydrogen) atoms. The summed E-state index contributed by atoms with van der Waals surface area (Å²) in [5.41, 5.74) is 1.80. The number of allylic oxidation sites excluding steroid dienone is 1. The van der Waals surface area contributed by atoms with Gasteiger partial charge in [0.15, 0.2) is 0 Å². The van der Waals surface area contributed by atoms with Crippen LogP contribution >= 0.6 is 15.9 Å². The number of esters is 1. The highest BCUT2D eigenvalue weighted by atomic mass is 79.9. The van der Waals surface area contributed by atoms with Gasteiger partial charge in [0.2, 0.25) is 0 Å². The third kappa shape index (κ3) is 3.17. The SMILES string of the molecule is C=C1CC2COC(=O)C2(Cc2ccc(OCCCO)c(Br)c2)C1. The van der Waals surface area contributed by atoms with E-state index in [4.69, 9.17) is 14.6 Å². The molecule has 0 aromatic heterocycles. The number of benzene rings is 1. The number of hydrogen-bond acceptors (Lipinski definition) is 4. The van der Waals surface area contributed by atoms with Crippen LogP contribution in [0.25, 0.3) is 0 Å². The third-order valence-electron chi connectivity index (χ3n) is 4.78. The average Bonchev–Trinajstić information content (AvgIpc) is 2.97. The number of ether oxygens (including phenoxy) is 2. The summed E-state index contributed by atoms with van der Waals surface area (Å²) in [4.78, 5) is 12.3. The van der Waals surface area contributed by atoms with E-state index in [1.54, 1.807) is 0 Å². The number of fused-ring (bicyclic) bond motifs is 1. The van der Waals surface area contributed by atoms with Crippen LogP contribution in [0, 0.1) is 11.3 Å². The van der Waals surface area contributed by atoms with Crippen LogP contribution in [-0.4, -0.2) is 30.9 Å². The van der Waals surface area contributed by atoms with Gasteiger partial charge in [0.25, 0.3) is 0 Å². The van der Waals surface area contributed by atoms with Crippen LogP contribution < -0.4 is 4.74 Å². The number of hydrogen-bond donors (Lipinski definition) is 1. The molecule has 3 rings (SSSR count). The summed E-state index contributed by atoms with van der Waals surface area (Å²) in [6, 6.07) is 5.91. The molecule has 1 aliphatic heterocycles. The van der Waals surface area contributed by atoms with Crippen LogP contribution in [0.3, 0.4) is 0 Å². The minimum absolute atomic E-state index is 0.0828. The van der Waals surface area contributed by atoms with E-state index < -0.39 is 5.41 Å². The molecular weight excluding hydrogens is 360 g/mol. The van der Waals surface area contributed by atoms with Gasteiger partial charge in [0.1, 0.15) is 5.75 Å². The Kier molecular flexibility index (Phi) is 4.78. The van der Waals surface area contributed by atoms with Crippen LogP contribution in [-0.2, 0) is 16.0 Å². The molecule has 1 saturated carbocycles. The Morgan fingerprint density at radius 3 is 3.04 bits per heavy atom. The summed E-state index contributed by atoms with van der Waals surface area (Å²) in [6.07, 6.45) is 2.89. The predicted octanol–water partition coefficient (Wildman–Crippen LogP) is 3.26. The maximum Gasteiger partial charge on any atom is 0.313 e. The van der Waals surface area contributed by atoms with Crippen LogP contribution in [0.4, 0.5) is 0 Å². The molecule has 2 fully saturated rings. The van der Waals surface area contributed by atoms with Crippen molar-refractivity contribution < 1.29 is 19.4 Å². The second-order valence-corrected chi connectivity index (χ2v) is 7.30. The van der Waals surface area contributed by atoms with E-state index in [1.807, 2.05) is 18.2 Å². The first-order valence-corrected chi connectivity index (χ1v) is 8.70. The van der Waals surface area contributed by atoms with Crippen molar-refractivity contribution in [1.29, 1.82) is 0 Å². The number of rotatable bonds is 6.